The molecule has 0 fully saturated rings. The van der Waals surface area contributed by atoms with Crippen LogP contribution >= 0.6 is 0 Å². The van der Waals surface area contributed by atoms with E-state index in [1.54, 1.807) is 0 Å². The van der Waals surface area contributed by atoms with Gasteiger partial charge < -0.3 is 0 Å². The highest BCUT2D eigenvalue weighted by Gasteiger charge is 2.15. The van der Waals surface area contributed by atoms with Crippen LogP contribution in [0.4, 0.5) is 0 Å². The normalized spacial score (nSPS) is 12.0. The Kier molecular flexibility index (Phi) is 10.6. The van der Waals surface area contributed by atoms with E-state index in [0.717, 1.165) is 19.3 Å². The molecule has 0 amide bonds. The third-order valence-corrected chi connectivity index (χ3v) is 3.57. The number of hydrogen-bond donors (Lipinski definition) is 0. The van der Waals surface area contributed by atoms with E-state index < -0.39 is 0 Å². The predicted molar refractivity (Wildman–Crippen MR) is 82.1 cm³/mol. The van der Waals surface area contributed by atoms with Gasteiger partial charge in [-0.2, -0.15) is 0 Å². The summed E-state index contributed by atoms with van der Waals surface area (Å²) in [6.07, 6.45) is 4.52. The molecular formula is C17H28O4. The summed E-state index contributed by atoms with van der Waals surface area (Å²) in [5, 5.41) is 0. The minimum absolute atomic E-state index is 0.0527. The molecule has 1 atom stereocenters. The van der Waals surface area contributed by atoms with Gasteiger partial charge >= 0.3 is 0 Å². The monoisotopic (exact) mass is 296 g/mol. The highest BCUT2D eigenvalue weighted by atomic mass is 16.2. The molecule has 0 aromatic heterocycles. The van der Waals surface area contributed by atoms with Crippen molar-refractivity contribution in [1.29, 1.82) is 0 Å². The van der Waals surface area contributed by atoms with E-state index in [-0.39, 0.29) is 48.3 Å². The fraction of sp³-hybridized carbons (Fsp3) is 0.765. The van der Waals surface area contributed by atoms with Crippen molar-refractivity contribution in [3.05, 3.63) is 0 Å². The van der Waals surface area contributed by atoms with Crippen LogP contribution in [-0.2, 0) is 19.2 Å². The number of ketones is 4. The van der Waals surface area contributed by atoms with E-state index >= 15 is 0 Å². The average molecular weight is 296 g/mol. The number of carbonyl (C=O) groups excluding carboxylic acids is 4. The van der Waals surface area contributed by atoms with Crippen LogP contribution in [0.25, 0.3) is 0 Å². The molecular weight excluding hydrogens is 268 g/mol. The van der Waals surface area contributed by atoms with Crippen LogP contribution in [0.3, 0.4) is 0 Å². The van der Waals surface area contributed by atoms with E-state index in [9.17, 15) is 19.2 Å². The third kappa shape index (κ3) is 11.1. The smallest absolute Gasteiger partial charge is 0.140 e. The molecule has 0 aliphatic rings. The van der Waals surface area contributed by atoms with E-state index in [1.807, 2.05) is 6.92 Å². The highest BCUT2D eigenvalue weighted by Crippen LogP contribution is 2.19. The van der Waals surface area contributed by atoms with Crippen molar-refractivity contribution in [3.63, 3.8) is 0 Å². The van der Waals surface area contributed by atoms with Crippen molar-refractivity contribution >= 4 is 23.1 Å². The van der Waals surface area contributed by atoms with Crippen molar-refractivity contribution in [2.45, 2.75) is 78.6 Å². The quantitative estimate of drug-likeness (QED) is 0.488. The van der Waals surface area contributed by atoms with Crippen LogP contribution in [0.1, 0.15) is 78.6 Å². The summed E-state index contributed by atoms with van der Waals surface area (Å²) in [6, 6.07) is 0. The van der Waals surface area contributed by atoms with Gasteiger partial charge in [-0.3, -0.25) is 19.2 Å². The highest BCUT2D eigenvalue weighted by molar-refractivity contribution is 5.99. The lowest BCUT2D eigenvalue weighted by Gasteiger charge is -2.14. The Balaban J connectivity index is 4.04. The molecule has 4 heteroatoms. The molecule has 0 aliphatic carbocycles. The molecule has 0 saturated heterocycles. The molecule has 0 saturated carbocycles. The first-order valence-corrected chi connectivity index (χ1v) is 7.93. The molecule has 0 aromatic rings. The Hall–Kier alpha value is -1.32. The van der Waals surface area contributed by atoms with Gasteiger partial charge in [-0.05, 0) is 19.3 Å². The fourth-order valence-corrected chi connectivity index (χ4v) is 2.36. The van der Waals surface area contributed by atoms with Gasteiger partial charge in [-0.25, -0.2) is 0 Å². The second-order valence-electron chi connectivity index (χ2n) is 5.75. The maximum atomic E-state index is 11.8. The molecule has 120 valence electrons. The maximum absolute atomic E-state index is 11.8. The third-order valence-electron chi connectivity index (χ3n) is 3.57. The molecule has 0 rings (SSSR count). The van der Waals surface area contributed by atoms with Crippen molar-refractivity contribution in [2.24, 2.45) is 5.92 Å². The van der Waals surface area contributed by atoms with Gasteiger partial charge in [-0.15, -0.1) is 0 Å². The summed E-state index contributed by atoms with van der Waals surface area (Å²) >= 11 is 0. The van der Waals surface area contributed by atoms with Crippen LogP contribution in [0.2, 0.25) is 0 Å². The van der Waals surface area contributed by atoms with Crippen LogP contribution in [0.5, 0.6) is 0 Å². The van der Waals surface area contributed by atoms with Crippen LogP contribution in [0, 0.1) is 5.92 Å². The molecule has 21 heavy (non-hydrogen) atoms. The first kappa shape index (κ1) is 19.7. The molecule has 0 N–H and O–H groups in total. The Labute approximate surface area is 127 Å². The Morgan fingerprint density at radius 3 is 1.95 bits per heavy atom. The van der Waals surface area contributed by atoms with Crippen LogP contribution in [0.15, 0.2) is 0 Å². The zero-order valence-electron chi connectivity index (χ0n) is 13.6. The Morgan fingerprint density at radius 1 is 0.810 bits per heavy atom. The lowest BCUT2D eigenvalue weighted by molar-refractivity contribution is -0.128. The van der Waals surface area contributed by atoms with Gasteiger partial charge in [-0.1, -0.05) is 26.7 Å². The topological polar surface area (TPSA) is 68.3 Å². The van der Waals surface area contributed by atoms with E-state index in [2.05, 4.69) is 6.92 Å². The number of Topliss-reactive ketones (excluding diaryl/α,β-unsaturated/α-hetero) is 4. The van der Waals surface area contributed by atoms with Gasteiger partial charge in [0.25, 0.3) is 0 Å². The second kappa shape index (κ2) is 11.4. The maximum Gasteiger partial charge on any atom is 0.140 e. The molecule has 0 aliphatic heterocycles. The van der Waals surface area contributed by atoms with Gasteiger partial charge in [0.15, 0.2) is 0 Å². The largest absolute Gasteiger partial charge is 0.300 e. The van der Waals surface area contributed by atoms with Crippen molar-refractivity contribution in [3.8, 4) is 0 Å². The summed E-state index contributed by atoms with van der Waals surface area (Å²) in [7, 11) is 0. The predicted octanol–water partition coefficient (Wildman–Crippen LogP) is 3.45. The zero-order valence-corrected chi connectivity index (χ0v) is 13.6. The molecule has 0 spiro atoms. The van der Waals surface area contributed by atoms with E-state index in [1.165, 1.54) is 6.92 Å². The Morgan fingerprint density at radius 2 is 1.43 bits per heavy atom. The number of carbonyl (C=O) groups is 4. The van der Waals surface area contributed by atoms with Crippen molar-refractivity contribution in [1.82, 2.24) is 0 Å². The summed E-state index contributed by atoms with van der Waals surface area (Å²) in [4.78, 5) is 45.4. The first-order chi connectivity index (χ1) is 9.88. The van der Waals surface area contributed by atoms with Crippen molar-refractivity contribution in [2.75, 3.05) is 0 Å². The summed E-state index contributed by atoms with van der Waals surface area (Å²) < 4.78 is 0. The second-order valence-corrected chi connectivity index (χ2v) is 5.75. The standard InChI is InChI=1S/C17H28O4/c1-4-6-14(12-15(19)5-2)7-8-16(20)9-10-17(21)11-13(3)18/h14H,4-12H2,1-3H3. The van der Waals surface area contributed by atoms with Gasteiger partial charge in [0.2, 0.25) is 0 Å². The van der Waals surface area contributed by atoms with Gasteiger partial charge in [0.05, 0.1) is 6.42 Å². The summed E-state index contributed by atoms with van der Waals surface area (Å²) in [5.74, 6) is 0.254. The van der Waals surface area contributed by atoms with E-state index in [4.69, 9.17) is 0 Å². The molecule has 1 unspecified atom stereocenters. The zero-order chi connectivity index (χ0) is 16.3. The van der Waals surface area contributed by atoms with Gasteiger partial charge in [0.1, 0.15) is 23.1 Å². The van der Waals surface area contributed by atoms with E-state index in [0.29, 0.717) is 19.3 Å². The minimum Gasteiger partial charge on any atom is -0.300 e. The lowest BCUT2D eigenvalue weighted by Crippen LogP contribution is -2.11. The summed E-state index contributed by atoms with van der Waals surface area (Å²) in [6.45, 7) is 5.31. The summed E-state index contributed by atoms with van der Waals surface area (Å²) in [5.41, 5.74) is 0. The SMILES string of the molecule is CCCC(CCC(=O)CCC(=O)CC(C)=O)CC(=O)CC. The van der Waals surface area contributed by atoms with Gasteiger partial charge in [0, 0.05) is 32.1 Å². The Bertz CT molecular complexity index is 371. The minimum atomic E-state index is -0.165. The molecule has 0 aromatic carbocycles. The number of rotatable bonds is 13. The molecule has 0 heterocycles. The first-order valence-electron chi connectivity index (χ1n) is 7.93. The van der Waals surface area contributed by atoms with Crippen molar-refractivity contribution < 1.29 is 19.2 Å². The lowest BCUT2D eigenvalue weighted by atomic mass is 9.90. The molecule has 4 nitrogen and oxygen atoms in total. The van der Waals surface area contributed by atoms with Crippen LogP contribution in [-0.4, -0.2) is 23.1 Å². The molecule has 0 bridgehead atoms. The molecule has 0 radical (unpaired) electrons. The number of hydrogen-bond acceptors (Lipinski definition) is 4. The fourth-order valence-electron chi connectivity index (χ4n) is 2.36. The van der Waals surface area contributed by atoms with Crippen LogP contribution < -0.4 is 0 Å². The average Bonchev–Trinajstić information content (AvgIpc) is 2.41.